The van der Waals surface area contributed by atoms with Gasteiger partial charge in [-0.1, -0.05) is 18.2 Å². The zero-order valence-electron chi connectivity index (χ0n) is 9.30. The Morgan fingerprint density at radius 2 is 1.71 bits per heavy atom. The molecule has 0 aromatic heterocycles. The van der Waals surface area contributed by atoms with Gasteiger partial charge >= 0.3 is 0 Å². The van der Waals surface area contributed by atoms with Crippen LogP contribution < -0.4 is 5.73 Å². The lowest BCUT2D eigenvalue weighted by atomic mass is 9.83. The molecule has 0 bridgehead atoms. The van der Waals surface area contributed by atoms with Gasteiger partial charge in [0.25, 0.3) is 0 Å². The van der Waals surface area contributed by atoms with E-state index in [1.54, 1.807) is 0 Å². The molecule has 1 atom stereocenters. The molecule has 1 aromatic rings. The molecule has 76 valence electrons. The summed E-state index contributed by atoms with van der Waals surface area (Å²) in [5.41, 5.74) is 10.7. The highest BCUT2D eigenvalue weighted by Crippen LogP contribution is 2.52. The number of hydrogen-bond donors (Lipinski definition) is 1. The van der Waals surface area contributed by atoms with Crippen LogP contribution in [-0.2, 0) is 5.41 Å². The van der Waals surface area contributed by atoms with E-state index >= 15 is 0 Å². The predicted octanol–water partition coefficient (Wildman–Crippen LogP) is 2.68. The summed E-state index contributed by atoms with van der Waals surface area (Å²) in [5, 5.41) is 0. The monoisotopic (exact) mass is 189 g/mol. The van der Waals surface area contributed by atoms with Crippen LogP contribution in [0.25, 0.3) is 0 Å². The van der Waals surface area contributed by atoms with Gasteiger partial charge in [0.05, 0.1) is 0 Å². The highest BCUT2D eigenvalue weighted by atomic mass is 14.7. The van der Waals surface area contributed by atoms with Gasteiger partial charge in [-0.05, 0) is 50.3 Å². The summed E-state index contributed by atoms with van der Waals surface area (Å²) in [6.07, 6.45) is 2.52. The Kier molecular flexibility index (Phi) is 2.15. The largest absolute Gasteiger partial charge is 0.327 e. The third-order valence-electron chi connectivity index (χ3n) is 3.64. The standard InChI is InChI=1S/C13H19N/c1-9-5-4-6-10(2)12(9)13(7-8-13)11(3)14/h4-6,11H,7-8,14H2,1-3H3. The smallest absolute Gasteiger partial charge is 0.0108 e. The van der Waals surface area contributed by atoms with Crippen LogP contribution in [-0.4, -0.2) is 6.04 Å². The zero-order chi connectivity index (χ0) is 10.3. The summed E-state index contributed by atoms with van der Waals surface area (Å²) >= 11 is 0. The molecule has 0 amide bonds. The van der Waals surface area contributed by atoms with Crippen LogP contribution in [0.1, 0.15) is 36.5 Å². The normalized spacial score (nSPS) is 20.6. The summed E-state index contributed by atoms with van der Waals surface area (Å²) < 4.78 is 0. The Bertz CT molecular complexity index is 328. The number of benzene rings is 1. The Labute approximate surface area is 86.3 Å². The molecule has 1 aliphatic rings. The fraction of sp³-hybridized carbons (Fsp3) is 0.538. The average molecular weight is 189 g/mol. The molecule has 1 heteroatoms. The number of hydrogen-bond acceptors (Lipinski definition) is 1. The Morgan fingerprint density at radius 3 is 2.07 bits per heavy atom. The Morgan fingerprint density at radius 1 is 1.21 bits per heavy atom. The van der Waals surface area contributed by atoms with Crippen molar-refractivity contribution in [3.8, 4) is 0 Å². The molecular formula is C13H19N. The summed E-state index contributed by atoms with van der Waals surface area (Å²) in [6, 6.07) is 6.81. The fourth-order valence-corrected chi connectivity index (χ4v) is 2.67. The molecule has 1 fully saturated rings. The minimum atomic E-state index is 0.280. The third kappa shape index (κ3) is 1.27. The number of rotatable bonds is 2. The van der Waals surface area contributed by atoms with Crippen LogP contribution in [0.5, 0.6) is 0 Å². The van der Waals surface area contributed by atoms with Gasteiger partial charge in [0.2, 0.25) is 0 Å². The van der Waals surface area contributed by atoms with E-state index < -0.39 is 0 Å². The maximum atomic E-state index is 6.10. The molecule has 2 N–H and O–H groups in total. The fourth-order valence-electron chi connectivity index (χ4n) is 2.67. The summed E-state index contributed by atoms with van der Waals surface area (Å²) in [5.74, 6) is 0. The highest BCUT2D eigenvalue weighted by molar-refractivity contribution is 5.44. The Balaban J connectivity index is 2.51. The van der Waals surface area contributed by atoms with Gasteiger partial charge in [-0.3, -0.25) is 0 Å². The lowest BCUT2D eigenvalue weighted by Crippen LogP contribution is -2.32. The van der Waals surface area contributed by atoms with Crippen molar-refractivity contribution in [3.63, 3.8) is 0 Å². The van der Waals surface area contributed by atoms with Crippen LogP contribution >= 0.6 is 0 Å². The van der Waals surface area contributed by atoms with E-state index in [1.165, 1.54) is 29.5 Å². The van der Waals surface area contributed by atoms with Crippen LogP contribution in [0.4, 0.5) is 0 Å². The van der Waals surface area contributed by atoms with Crippen molar-refractivity contribution in [3.05, 3.63) is 34.9 Å². The second-order valence-electron chi connectivity index (χ2n) is 4.71. The molecule has 0 spiro atoms. The topological polar surface area (TPSA) is 26.0 Å². The van der Waals surface area contributed by atoms with Crippen LogP contribution in [0.2, 0.25) is 0 Å². The van der Waals surface area contributed by atoms with E-state index in [4.69, 9.17) is 5.73 Å². The molecule has 2 rings (SSSR count). The van der Waals surface area contributed by atoms with Crippen LogP contribution in [0.15, 0.2) is 18.2 Å². The van der Waals surface area contributed by atoms with Crippen molar-refractivity contribution in [1.82, 2.24) is 0 Å². The van der Waals surface area contributed by atoms with E-state index in [1.807, 2.05) is 0 Å². The van der Waals surface area contributed by atoms with Gasteiger partial charge in [-0.15, -0.1) is 0 Å². The molecular weight excluding hydrogens is 170 g/mol. The van der Waals surface area contributed by atoms with Crippen molar-refractivity contribution in [2.24, 2.45) is 5.73 Å². The van der Waals surface area contributed by atoms with Crippen molar-refractivity contribution in [2.75, 3.05) is 0 Å². The third-order valence-corrected chi connectivity index (χ3v) is 3.64. The molecule has 14 heavy (non-hydrogen) atoms. The number of nitrogens with two attached hydrogens (primary N) is 1. The van der Waals surface area contributed by atoms with Crippen LogP contribution in [0.3, 0.4) is 0 Å². The first kappa shape index (κ1) is 9.72. The summed E-state index contributed by atoms with van der Waals surface area (Å²) in [6.45, 7) is 6.54. The molecule has 1 aliphatic carbocycles. The van der Waals surface area contributed by atoms with E-state index in [0.717, 1.165) is 0 Å². The molecule has 0 saturated heterocycles. The Hall–Kier alpha value is -0.820. The quantitative estimate of drug-likeness (QED) is 0.760. The highest BCUT2D eigenvalue weighted by Gasteiger charge is 2.48. The van der Waals surface area contributed by atoms with Gasteiger partial charge in [-0.25, -0.2) is 0 Å². The molecule has 1 nitrogen and oxygen atoms in total. The number of aryl methyl sites for hydroxylation is 2. The van der Waals surface area contributed by atoms with Crippen LogP contribution in [0, 0.1) is 13.8 Å². The lowest BCUT2D eigenvalue weighted by Gasteiger charge is -2.24. The first-order chi connectivity index (χ1) is 6.58. The zero-order valence-corrected chi connectivity index (χ0v) is 9.30. The molecule has 0 radical (unpaired) electrons. The van der Waals surface area contributed by atoms with Gasteiger partial charge < -0.3 is 5.73 Å². The molecule has 0 heterocycles. The van der Waals surface area contributed by atoms with Crippen molar-refractivity contribution < 1.29 is 0 Å². The second-order valence-corrected chi connectivity index (χ2v) is 4.71. The second kappa shape index (κ2) is 3.09. The summed E-state index contributed by atoms with van der Waals surface area (Å²) in [7, 11) is 0. The lowest BCUT2D eigenvalue weighted by molar-refractivity contribution is 0.551. The van der Waals surface area contributed by atoms with Crippen molar-refractivity contribution >= 4 is 0 Å². The van der Waals surface area contributed by atoms with E-state index in [0.29, 0.717) is 5.41 Å². The molecule has 1 saturated carbocycles. The first-order valence-electron chi connectivity index (χ1n) is 5.40. The maximum Gasteiger partial charge on any atom is 0.0108 e. The van der Waals surface area contributed by atoms with Gasteiger partial charge in [0.1, 0.15) is 0 Å². The minimum Gasteiger partial charge on any atom is -0.327 e. The minimum absolute atomic E-state index is 0.280. The van der Waals surface area contributed by atoms with Gasteiger partial charge in [0, 0.05) is 11.5 Å². The average Bonchev–Trinajstić information content (AvgIpc) is 2.85. The van der Waals surface area contributed by atoms with E-state index in [-0.39, 0.29) is 6.04 Å². The van der Waals surface area contributed by atoms with E-state index in [9.17, 15) is 0 Å². The SMILES string of the molecule is Cc1cccc(C)c1C1(C(C)N)CC1. The van der Waals surface area contributed by atoms with Gasteiger partial charge in [-0.2, -0.15) is 0 Å². The van der Waals surface area contributed by atoms with Gasteiger partial charge in [0.15, 0.2) is 0 Å². The first-order valence-corrected chi connectivity index (χ1v) is 5.40. The summed E-state index contributed by atoms with van der Waals surface area (Å²) in [4.78, 5) is 0. The predicted molar refractivity (Wildman–Crippen MR) is 60.5 cm³/mol. The maximum absolute atomic E-state index is 6.10. The van der Waals surface area contributed by atoms with Crippen molar-refractivity contribution in [1.29, 1.82) is 0 Å². The molecule has 1 unspecified atom stereocenters. The van der Waals surface area contributed by atoms with E-state index in [2.05, 4.69) is 39.0 Å². The van der Waals surface area contributed by atoms with Crippen molar-refractivity contribution in [2.45, 2.75) is 45.1 Å². The molecule has 1 aromatic carbocycles. The molecule has 0 aliphatic heterocycles.